The highest BCUT2D eigenvalue weighted by molar-refractivity contribution is 6.08. The van der Waals surface area contributed by atoms with E-state index in [4.69, 9.17) is 4.52 Å². The Kier molecular flexibility index (Phi) is 4.66. The van der Waals surface area contributed by atoms with E-state index in [1.807, 2.05) is 24.3 Å². The molecule has 3 heterocycles. The van der Waals surface area contributed by atoms with E-state index in [-0.39, 0.29) is 16.9 Å². The van der Waals surface area contributed by atoms with E-state index < -0.39 is 17.8 Å². The van der Waals surface area contributed by atoms with Gasteiger partial charge in [0.05, 0.1) is 11.9 Å². The topological polar surface area (TPSA) is 85.3 Å². The molecule has 10 heteroatoms. The number of alkyl halides is 3. The fourth-order valence-electron chi connectivity index (χ4n) is 3.75. The Hall–Kier alpha value is -4.21. The summed E-state index contributed by atoms with van der Waals surface area (Å²) in [6.07, 6.45) is -3.65. The SMILES string of the molecule is Cc1noc(C)c1NC(=O)c1cnn2c(C(F)(F)F)cc(-c3cccc4ccccc34)nc12. The number of benzene rings is 2. The monoisotopic (exact) mass is 451 g/mol. The third-order valence-corrected chi connectivity index (χ3v) is 5.34. The number of anilines is 1. The molecule has 166 valence electrons. The zero-order chi connectivity index (χ0) is 23.3. The van der Waals surface area contributed by atoms with E-state index in [2.05, 4.69) is 20.6 Å². The highest BCUT2D eigenvalue weighted by Gasteiger charge is 2.36. The molecule has 0 saturated carbocycles. The standard InChI is InChI=1S/C23H16F3N5O2/c1-12-20(13(2)33-30-12)29-22(32)17-11-27-31-19(23(24,25)26)10-18(28-21(17)31)16-9-5-7-14-6-3-4-8-15(14)16/h3-11H,1-2H3,(H,29,32). The summed E-state index contributed by atoms with van der Waals surface area (Å²) < 4.78 is 47.5. The summed E-state index contributed by atoms with van der Waals surface area (Å²) in [6.45, 7) is 3.26. The molecule has 0 fully saturated rings. The molecule has 0 bridgehead atoms. The molecule has 0 aliphatic carbocycles. The van der Waals surface area contributed by atoms with Crippen LogP contribution in [-0.2, 0) is 6.18 Å². The van der Waals surface area contributed by atoms with Gasteiger partial charge >= 0.3 is 6.18 Å². The first-order chi connectivity index (χ1) is 15.7. The molecule has 0 atom stereocenters. The maximum absolute atomic E-state index is 13.9. The lowest BCUT2D eigenvalue weighted by Crippen LogP contribution is -2.16. The molecule has 1 amide bonds. The molecule has 0 aliphatic rings. The molecular weight excluding hydrogens is 435 g/mol. The fourth-order valence-corrected chi connectivity index (χ4v) is 3.75. The van der Waals surface area contributed by atoms with E-state index in [0.717, 1.165) is 23.0 Å². The summed E-state index contributed by atoms with van der Waals surface area (Å²) in [5.41, 5.74) is 0.0302. The summed E-state index contributed by atoms with van der Waals surface area (Å²) in [5, 5.41) is 11.8. The Bertz CT molecular complexity index is 1510. The predicted octanol–water partition coefficient (Wildman–Crippen LogP) is 5.43. The predicted molar refractivity (Wildman–Crippen MR) is 115 cm³/mol. The van der Waals surface area contributed by atoms with Crippen LogP contribution in [0.2, 0.25) is 0 Å². The van der Waals surface area contributed by atoms with Gasteiger partial charge in [-0.3, -0.25) is 4.79 Å². The van der Waals surface area contributed by atoms with Crippen LogP contribution >= 0.6 is 0 Å². The second-order valence-electron chi connectivity index (χ2n) is 7.50. The molecule has 7 nitrogen and oxygen atoms in total. The molecular formula is C23H16F3N5O2. The van der Waals surface area contributed by atoms with Gasteiger partial charge in [-0.25, -0.2) is 9.50 Å². The number of rotatable bonds is 3. The van der Waals surface area contributed by atoms with E-state index >= 15 is 0 Å². The minimum Gasteiger partial charge on any atom is -0.359 e. The summed E-state index contributed by atoms with van der Waals surface area (Å²) in [7, 11) is 0. The first-order valence-electron chi connectivity index (χ1n) is 9.92. The van der Waals surface area contributed by atoms with Gasteiger partial charge in [0.1, 0.15) is 16.9 Å². The van der Waals surface area contributed by atoms with Crippen LogP contribution in [0, 0.1) is 13.8 Å². The lowest BCUT2D eigenvalue weighted by Gasteiger charge is -2.13. The van der Waals surface area contributed by atoms with Crippen molar-refractivity contribution in [1.82, 2.24) is 19.8 Å². The van der Waals surface area contributed by atoms with E-state index in [1.165, 1.54) is 0 Å². The van der Waals surface area contributed by atoms with Gasteiger partial charge in [0.25, 0.3) is 5.91 Å². The van der Waals surface area contributed by atoms with Gasteiger partial charge < -0.3 is 9.84 Å². The third-order valence-electron chi connectivity index (χ3n) is 5.34. The fraction of sp³-hybridized carbons (Fsp3) is 0.130. The van der Waals surface area contributed by atoms with Gasteiger partial charge in [-0.05, 0) is 30.7 Å². The normalized spacial score (nSPS) is 11.9. The van der Waals surface area contributed by atoms with Crippen molar-refractivity contribution in [2.24, 2.45) is 0 Å². The minimum absolute atomic E-state index is 0.0820. The Balaban J connectivity index is 1.71. The maximum Gasteiger partial charge on any atom is 0.433 e. The number of nitrogens with zero attached hydrogens (tertiary/aromatic N) is 4. The van der Waals surface area contributed by atoms with Gasteiger partial charge in [0.2, 0.25) is 0 Å². The zero-order valence-corrected chi connectivity index (χ0v) is 17.4. The summed E-state index contributed by atoms with van der Waals surface area (Å²) >= 11 is 0. The van der Waals surface area contributed by atoms with Crippen molar-refractivity contribution in [3.8, 4) is 11.3 Å². The second-order valence-corrected chi connectivity index (χ2v) is 7.50. The molecule has 33 heavy (non-hydrogen) atoms. The molecule has 0 spiro atoms. The van der Waals surface area contributed by atoms with E-state index in [0.29, 0.717) is 27.2 Å². The smallest absolute Gasteiger partial charge is 0.359 e. The number of hydrogen-bond donors (Lipinski definition) is 1. The molecule has 0 saturated heterocycles. The van der Waals surface area contributed by atoms with Gasteiger partial charge in [0.15, 0.2) is 17.1 Å². The number of hydrogen-bond acceptors (Lipinski definition) is 5. The van der Waals surface area contributed by atoms with Crippen molar-refractivity contribution in [1.29, 1.82) is 0 Å². The average molecular weight is 451 g/mol. The number of amides is 1. The number of fused-ring (bicyclic) bond motifs is 2. The van der Waals surface area contributed by atoms with Gasteiger partial charge in [-0.15, -0.1) is 0 Å². The second kappa shape index (κ2) is 7.44. The van der Waals surface area contributed by atoms with Gasteiger partial charge in [0, 0.05) is 5.56 Å². The Morgan fingerprint density at radius 3 is 2.58 bits per heavy atom. The molecule has 3 aromatic heterocycles. The van der Waals surface area contributed by atoms with Crippen molar-refractivity contribution >= 4 is 28.0 Å². The average Bonchev–Trinajstić information content (AvgIpc) is 3.35. The van der Waals surface area contributed by atoms with Crippen molar-refractivity contribution in [3.05, 3.63) is 77.4 Å². The van der Waals surface area contributed by atoms with Crippen LogP contribution in [0.5, 0.6) is 0 Å². The van der Waals surface area contributed by atoms with Gasteiger partial charge in [-0.2, -0.15) is 18.3 Å². The van der Waals surface area contributed by atoms with Crippen LogP contribution in [0.4, 0.5) is 18.9 Å². The van der Waals surface area contributed by atoms with Crippen molar-refractivity contribution in [3.63, 3.8) is 0 Å². The zero-order valence-electron chi connectivity index (χ0n) is 17.4. The molecule has 5 aromatic rings. The van der Waals surface area contributed by atoms with Crippen LogP contribution in [0.3, 0.4) is 0 Å². The van der Waals surface area contributed by atoms with Crippen molar-refractivity contribution < 1.29 is 22.5 Å². The molecule has 0 radical (unpaired) electrons. The molecule has 5 rings (SSSR count). The molecule has 0 aliphatic heterocycles. The summed E-state index contributed by atoms with van der Waals surface area (Å²) in [4.78, 5) is 17.4. The van der Waals surface area contributed by atoms with Crippen molar-refractivity contribution in [2.75, 3.05) is 5.32 Å². The number of nitrogens with one attached hydrogen (secondary N) is 1. The highest BCUT2D eigenvalue weighted by atomic mass is 19.4. The summed E-state index contributed by atoms with van der Waals surface area (Å²) in [6, 6.07) is 13.6. The minimum atomic E-state index is -4.72. The number of aromatic nitrogens is 4. The Morgan fingerprint density at radius 2 is 1.85 bits per heavy atom. The first kappa shape index (κ1) is 20.7. The van der Waals surface area contributed by atoms with Crippen LogP contribution in [0.1, 0.15) is 27.5 Å². The van der Waals surface area contributed by atoms with Crippen LogP contribution in [0.25, 0.3) is 27.7 Å². The Labute approximate surface area is 184 Å². The number of carbonyl (C=O) groups is 1. The molecule has 2 aromatic carbocycles. The lowest BCUT2D eigenvalue weighted by atomic mass is 10.0. The van der Waals surface area contributed by atoms with E-state index in [1.54, 1.807) is 32.0 Å². The quantitative estimate of drug-likeness (QED) is 0.396. The summed E-state index contributed by atoms with van der Waals surface area (Å²) in [5.74, 6) is -0.298. The molecule has 0 unspecified atom stereocenters. The molecule has 1 N–H and O–H groups in total. The van der Waals surface area contributed by atoms with Crippen LogP contribution < -0.4 is 5.32 Å². The number of halogens is 3. The largest absolute Gasteiger partial charge is 0.433 e. The Morgan fingerprint density at radius 1 is 1.09 bits per heavy atom. The number of aryl methyl sites for hydroxylation is 2. The third kappa shape index (κ3) is 3.49. The van der Waals surface area contributed by atoms with Gasteiger partial charge in [-0.1, -0.05) is 47.6 Å². The highest BCUT2D eigenvalue weighted by Crippen LogP contribution is 2.35. The first-order valence-corrected chi connectivity index (χ1v) is 9.92. The van der Waals surface area contributed by atoms with Crippen LogP contribution in [-0.4, -0.2) is 25.7 Å². The maximum atomic E-state index is 13.9. The van der Waals surface area contributed by atoms with E-state index in [9.17, 15) is 18.0 Å². The van der Waals surface area contributed by atoms with Crippen LogP contribution in [0.15, 0.2) is 59.3 Å². The number of carbonyl (C=O) groups excluding carboxylic acids is 1. The lowest BCUT2D eigenvalue weighted by molar-refractivity contribution is -0.142. The van der Waals surface area contributed by atoms with Crippen molar-refractivity contribution in [2.45, 2.75) is 20.0 Å².